The summed E-state index contributed by atoms with van der Waals surface area (Å²) >= 11 is 5.84. The molecular weight excluding hydrogens is 607 g/mol. The lowest BCUT2D eigenvalue weighted by molar-refractivity contribution is -0.376. The highest BCUT2D eigenvalue weighted by molar-refractivity contribution is 7.92. The van der Waals surface area contributed by atoms with Crippen molar-refractivity contribution in [3.8, 4) is 0 Å². The van der Waals surface area contributed by atoms with E-state index in [9.17, 15) is 54.2 Å². The normalized spacial score (nSPS) is 17.8. The number of hydrogen-bond donors (Lipinski definition) is 2. The standard InChI is InChI=1S/C26H27ClF7NO5S/c1-23(2,37)22(28)12-8-19(36)14-18-7-3-15-13-16(24(38,25(29,30)31)26(32,33)34)4-11-21(15)35(18)41(39,40)20-9-5-17(27)6-10-20/h4-6,9-11,13,18,22,37-38H,3,7-8,12,14H2,1-2H3/t18?,22-/m1/s1. The van der Waals surface area contributed by atoms with Gasteiger partial charge in [-0.1, -0.05) is 23.7 Å². The summed E-state index contributed by atoms with van der Waals surface area (Å²) in [6.07, 6.45) is -15.6. The van der Waals surface area contributed by atoms with Gasteiger partial charge in [-0.15, -0.1) is 0 Å². The van der Waals surface area contributed by atoms with Crippen LogP contribution in [0.4, 0.5) is 36.4 Å². The van der Waals surface area contributed by atoms with Crippen LogP contribution in [0.25, 0.3) is 0 Å². The number of rotatable bonds is 9. The van der Waals surface area contributed by atoms with Crippen molar-refractivity contribution in [1.29, 1.82) is 0 Å². The maximum atomic E-state index is 14.2. The summed E-state index contributed by atoms with van der Waals surface area (Å²) < 4.78 is 123. The van der Waals surface area contributed by atoms with E-state index in [4.69, 9.17) is 11.6 Å². The molecule has 0 aromatic heterocycles. The lowest BCUT2D eigenvalue weighted by atomic mass is 9.87. The Kier molecular flexibility index (Phi) is 9.15. The second-order valence-electron chi connectivity index (χ2n) is 10.4. The van der Waals surface area contributed by atoms with E-state index in [0.29, 0.717) is 12.1 Å². The largest absolute Gasteiger partial charge is 0.430 e. The molecule has 1 unspecified atom stereocenters. The number of nitrogens with zero attached hydrogens (tertiary/aromatic N) is 1. The van der Waals surface area contributed by atoms with E-state index in [2.05, 4.69) is 0 Å². The third-order valence-corrected chi connectivity index (χ3v) is 9.04. The molecule has 0 spiro atoms. The number of aliphatic hydroxyl groups is 2. The van der Waals surface area contributed by atoms with Gasteiger partial charge in [-0.2, -0.15) is 26.3 Å². The van der Waals surface area contributed by atoms with Crippen molar-refractivity contribution in [1.82, 2.24) is 0 Å². The number of alkyl halides is 7. The van der Waals surface area contributed by atoms with Crippen molar-refractivity contribution in [2.45, 2.75) is 86.6 Å². The number of ketones is 1. The minimum Gasteiger partial charge on any atom is -0.387 e. The van der Waals surface area contributed by atoms with E-state index in [-0.39, 0.29) is 46.9 Å². The highest BCUT2D eigenvalue weighted by Crippen LogP contribution is 2.51. The number of fused-ring (bicyclic) bond motifs is 1. The zero-order valence-electron chi connectivity index (χ0n) is 21.7. The molecule has 1 heterocycles. The Labute approximate surface area is 236 Å². The molecule has 228 valence electrons. The maximum Gasteiger partial charge on any atom is 0.430 e. The van der Waals surface area contributed by atoms with Crippen molar-refractivity contribution in [2.24, 2.45) is 0 Å². The highest BCUT2D eigenvalue weighted by atomic mass is 35.5. The van der Waals surface area contributed by atoms with Crippen LogP contribution in [0.3, 0.4) is 0 Å². The van der Waals surface area contributed by atoms with Crippen LogP contribution in [0.1, 0.15) is 50.7 Å². The Bertz CT molecular complexity index is 1360. The van der Waals surface area contributed by atoms with Crippen molar-refractivity contribution >= 4 is 33.1 Å². The molecule has 0 saturated heterocycles. The molecule has 2 aromatic carbocycles. The molecule has 0 bridgehead atoms. The van der Waals surface area contributed by atoms with Gasteiger partial charge in [0.05, 0.1) is 22.2 Å². The van der Waals surface area contributed by atoms with Gasteiger partial charge in [-0.3, -0.25) is 9.10 Å². The summed E-state index contributed by atoms with van der Waals surface area (Å²) in [6, 6.07) is 5.20. The van der Waals surface area contributed by atoms with Crippen LogP contribution < -0.4 is 4.31 Å². The first kappa shape index (κ1) is 33.1. The Hall–Kier alpha value is -2.42. The third kappa shape index (κ3) is 6.65. The first-order valence-corrected chi connectivity index (χ1v) is 14.1. The first-order valence-electron chi connectivity index (χ1n) is 12.3. The van der Waals surface area contributed by atoms with E-state index in [1.54, 1.807) is 0 Å². The molecule has 0 saturated carbocycles. The summed E-state index contributed by atoms with van der Waals surface area (Å²) in [7, 11) is -4.55. The van der Waals surface area contributed by atoms with Gasteiger partial charge in [0.2, 0.25) is 0 Å². The molecule has 0 amide bonds. The fraction of sp³-hybridized carbons (Fsp3) is 0.500. The minimum atomic E-state index is -6.14. The number of carbonyl (C=O) groups is 1. The minimum absolute atomic E-state index is 0.185. The van der Waals surface area contributed by atoms with Gasteiger partial charge in [0, 0.05) is 23.4 Å². The van der Waals surface area contributed by atoms with E-state index in [1.165, 1.54) is 26.0 Å². The van der Waals surface area contributed by atoms with Crippen molar-refractivity contribution in [3.05, 3.63) is 58.6 Å². The fourth-order valence-electron chi connectivity index (χ4n) is 4.59. The summed E-state index contributed by atoms with van der Waals surface area (Å²) in [4.78, 5) is 12.4. The highest BCUT2D eigenvalue weighted by Gasteiger charge is 2.71. The van der Waals surface area contributed by atoms with E-state index in [0.717, 1.165) is 22.5 Å². The lowest BCUT2D eigenvalue weighted by Crippen LogP contribution is -2.54. The van der Waals surface area contributed by atoms with E-state index >= 15 is 0 Å². The van der Waals surface area contributed by atoms with Gasteiger partial charge >= 0.3 is 12.4 Å². The number of halogens is 8. The van der Waals surface area contributed by atoms with Gasteiger partial charge in [0.1, 0.15) is 12.0 Å². The Balaban J connectivity index is 2.07. The monoisotopic (exact) mass is 633 g/mol. The zero-order valence-corrected chi connectivity index (χ0v) is 23.3. The molecule has 0 fully saturated rings. The van der Waals surface area contributed by atoms with Crippen molar-refractivity contribution in [2.75, 3.05) is 4.31 Å². The van der Waals surface area contributed by atoms with Crippen LogP contribution in [0.5, 0.6) is 0 Å². The summed E-state index contributed by atoms with van der Waals surface area (Å²) in [6.45, 7) is 2.43. The molecule has 0 radical (unpaired) electrons. The molecule has 1 aliphatic heterocycles. The Morgan fingerprint density at radius 2 is 1.59 bits per heavy atom. The number of benzene rings is 2. The second-order valence-corrected chi connectivity index (χ2v) is 12.7. The summed E-state index contributed by atoms with van der Waals surface area (Å²) in [5.41, 5.74) is -9.00. The van der Waals surface area contributed by atoms with Crippen LogP contribution in [0, 0.1) is 0 Å². The van der Waals surface area contributed by atoms with Crippen LogP contribution in [0.2, 0.25) is 5.02 Å². The predicted molar refractivity (Wildman–Crippen MR) is 136 cm³/mol. The summed E-state index contributed by atoms with van der Waals surface area (Å²) in [5, 5.41) is 19.8. The van der Waals surface area contributed by atoms with Gasteiger partial charge < -0.3 is 10.2 Å². The molecule has 2 atom stereocenters. The molecule has 1 aliphatic rings. The van der Waals surface area contributed by atoms with E-state index in [1.807, 2.05) is 0 Å². The van der Waals surface area contributed by atoms with Gasteiger partial charge in [-0.05, 0) is 69.0 Å². The average molecular weight is 634 g/mol. The van der Waals surface area contributed by atoms with Gasteiger partial charge in [0.15, 0.2) is 0 Å². The smallest absolute Gasteiger partial charge is 0.387 e. The molecule has 15 heteroatoms. The van der Waals surface area contributed by atoms with E-state index < -0.39 is 63.6 Å². The molecule has 2 N–H and O–H groups in total. The third-order valence-electron chi connectivity index (χ3n) is 6.91. The second kappa shape index (κ2) is 11.3. The lowest BCUT2D eigenvalue weighted by Gasteiger charge is -2.39. The summed E-state index contributed by atoms with van der Waals surface area (Å²) in [5.74, 6) is -0.568. The predicted octanol–water partition coefficient (Wildman–Crippen LogP) is 6.01. The SMILES string of the molecule is CC(C)(O)[C@H](F)CCC(=O)CC1CCc2cc(C(O)(C(F)(F)F)C(F)(F)F)ccc2N1S(=O)(=O)c1ccc(Cl)cc1. The topological polar surface area (TPSA) is 94.9 Å². The fourth-order valence-corrected chi connectivity index (χ4v) is 6.43. The van der Waals surface area contributed by atoms with Crippen LogP contribution in [0.15, 0.2) is 47.4 Å². The number of anilines is 1. The Morgan fingerprint density at radius 1 is 1.02 bits per heavy atom. The number of aryl methyl sites for hydroxylation is 1. The maximum absolute atomic E-state index is 14.2. The van der Waals surface area contributed by atoms with Gasteiger partial charge in [0.25, 0.3) is 15.6 Å². The Morgan fingerprint density at radius 3 is 2.10 bits per heavy atom. The van der Waals surface area contributed by atoms with Crippen molar-refractivity contribution < 1.29 is 54.2 Å². The molecule has 6 nitrogen and oxygen atoms in total. The molecule has 2 aromatic rings. The van der Waals surface area contributed by atoms with Crippen molar-refractivity contribution in [3.63, 3.8) is 0 Å². The molecule has 41 heavy (non-hydrogen) atoms. The molecule has 0 aliphatic carbocycles. The number of sulfonamides is 1. The quantitative estimate of drug-likeness (QED) is 0.330. The number of hydrogen-bond acceptors (Lipinski definition) is 5. The number of Topliss-reactive ketones (excluding diaryl/α,β-unsaturated/α-hetero) is 1. The number of carbonyl (C=O) groups excluding carboxylic acids is 1. The average Bonchev–Trinajstić information content (AvgIpc) is 2.84. The van der Waals surface area contributed by atoms with Gasteiger partial charge in [-0.25, -0.2) is 12.8 Å². The molecular formula is C26H27ClF7NO5S. The van der Waals surface area contributed by atoms with Crippen LogP contribution >= 0.6 is 11.6 Å². The van der Waals surface area contributed by atoms with Crippen LogP contribution in [-0.2, 0) is 26.8 Å². The zero-order chi connectivity index (χ0) is 31.2. The first-order chi connectivity index (χ1) is 18.6. The van der Waals surface area contributed by atoms with Crippen LogP contribution in [-0.4, -0.2) is 54.6 Å². The molecule has 3 rings (SSSR count).